The minimum atomic E-state index is 0.505. The average molecular weight is 155 g/mol. The topological polar surface area (TPSA) is 28.7 Å². The Bertz CT molecular complexity index is 263. The van der Waals surface area contributed by atoms with Gasteiger partial charge in [-0.15, -0.1) is 0 Å². The van der Waals surface area contributed by atoms with E-state index in [1.54, 1.807) is 12.2 Å². The van der Waals surface area contributed by atoms with Gasteiger partial charge in [-0.1, -0.05) is 30.8 Å². The van der Waals surface area contributed by atoms with Crippen molar-refractivity contribution in [2.45, 2.75) is 0 Å². The van der Waals surface area contributed by atoms with Gasteiger partial charge in [-0.2, -0.15) is 5.10 Å². The summed E-state index contributed by atoms with van der Waals surface area (Å²) in [5.74, 6) is 0. The number of halogens is 1. The van der Waals surface area contributed by atoms with Gasteiger partial charge < -0.3 is 0 Å². The van der Waals surface area contributed by atoms with E-state index in [0.717, 1.165) is 11.3 Å². The number of nitrogens with zero attached hydrogens (tertiary/aromatic N) is 1. The lowest BCUT2D eigenvalue weighted by Crippen LogP contribution is -1.72. The Kier molecular flexibility index (Phi) is 1.92. The zero-order valence-corrected chi connectivity index (χ0v) is 6.15. The summed E-state index contributed by atoms with van der Waals surface area (Å²) in [5.41, 5.74) is 1.54. The second-order valence-electron chi connectivity index (χ2n) is 1.74. The second-order valence-corrected chi connectivity index (χ2v) is 2.12. The quantitative estimate of drug-likeness (QED) is 0.696. The maximum atomic E-state index is 5.69. The first-order valence-corrected chi connectivity index (χ1v) is 3.16. The van der Waals surface area contributed by atoms with E-state index >= 15 is 0 Å². The molecule has 0 aliphatic heterocycles. The molecule has 0 spiro atoms. The summed E-state index contributed by atoms with van der Waals surface area (Å²) in [6.07, 6.45) is 3.27. The molecule has 0 saturated carbocycles. The Morgan fingerprint density at radius 3 is 2.50 bits per heavy atom. The van der Waals surface area contributed by atoms with Crippen molar-refractivity contribution in [3.8, 4) is 0 Å². The number of rotatable bonds is 2. The minimum absolute atomic E-state index is 0.505. The van der Waals surface area contributed by atoms with E-state index in [2.05, 4.69) is 23.4 Å². The molecule has 0 fully saturated rings. The minimum Gasteiger partial charge on any atom is -0.266 e. The SMILES string of the molecule is C=Cc1n[nH]c(Cl)c1C=C. The molecule has 1 aromatic heterocycles. The van der Waals surface area contributed by atoms with Crippen LogP contribution in [0.2, 0.25) is 5.15 Å². The summed E-state index contributed by atoms with van der Waals surface area (Å²) in [4.78, 5) is 0. The largest absolute Gasteiger partial charge is 0.266 e. The molecule has 0 aliphatic rings. The van der Waals surface area contributed by atoms with E-state index in [9.17, 15) is 0 Å². The maximum absolute atomic E-state index is 5.69. The van der Waals surface area contributed by atoms with Crippen LogP contribution in [0.1, 0.15) is 11.3 Å². The van der Waals surface area contributed by atoms with Crippen LogP contribution in [0, 0.1) is 0 Å². The lowest BCUT2D eigenvalue weighted by molar-refractivity contribution is 1.08. The summed E-state index contributed by atoms with van der Waals surface area (Å²) >= 11 is 5.69. The molecule has 0 unspecified atom stereocenters. The van der Waals surface area contributed by atoms with Crippen molar-refractivity contribution in [1.82, 2.24) is 10.2 Å². The van der Waals surface area contributed by atoms with Crippen molar-refractivity contribution in [3.05, 3.63) is 29.6 Å². The summed E-state index contributed by atoms with van der Waals surface area (Å²) < 4.78 is 0. The standard InChI is InChI=1S/C7H7ClN2/c1-3-5-6(4-2)9-10-7(5)8/h3-4H,1-2H2,(H,9,10). The summed E-state index contributed by atoms with van der Waals surface area (Å²) in [6.45, 7) is 7.14. The summed E-state index contributed by atoms with van der Waals surface area (Å²) in [5, 5.41) is 6.98. The van der Waals surface area contributed by atoms with E-state index in [0.29, 0.717) is 5.15 Å². The van der Waals surface area contributed by atoms with Crippen LogP contribution in [0.25, 0.3) is 12.2 Å². The third kappa shape index (κ3) is 0.977. The maximum Gasteiger partial charge on any atom is 0.132 e. The molecule has 0 bridgehead atoms. The Labute approximate surface area is 64.2 Å². The molecule has 52 valence electrons. The molecule has 1 rings (SSSR count). The Hall–Kier alpha value is -1.02. The molecule has 1 N–H and O–H groups in total. The van der Waals surface area contributed by atoms with Crippen molar-refractivity contribution >= 4 is 23.8 Å². The van der Waals surface area contributed by atoms with E-state index in [4.69, 9.17) is 11.6 Å². The van der Waals surface area contributed by atoms with Crippen LogP contribution in [0.5, 0.6) is 0 Å². The van der Waals surface area contributed by atoms with Gasteiger partial charge in [-0.05, 0) is 6.08 Å². The number of H-pyrrole nitrogens is 1. The fraction of sp³-hybridized carbons (Fsp3) is 0. The van der Waals surface area contributed by atoms with Gasteiger partial charge in [0.2, 0.25) is 0 Å². The van der Waals surface area contributed by atoms with Crippen LogP contribution in [-0.4, -0.2) is 10.2 Å². The first-order chi connectivity index (χ1) is 4.79. The van der Waals surface area contributed by atoms with E-state index in [1.165, 1.54) is 0 Å². The number of nitrogens with one attached hydrogen (secondary N) is 1. The predicted octanol–water partition coefficient (Wildman–Crippen LogP) is 2.35. The Morgan fingerprint density at radius 2 is 2.10 bits per heavy atom. The highest BCUT2D eigenvalue weighted by Gasteiger charge is 2.03. The van der Waals surface area contributed by atoms with Crippen molar-refractivity contribution < 1.29 is 0 Å². The van der Waals surface area contributed by atoms with E-state index in [-0.39, 0.29) is 0 Å². The lowest BCUT2D eigenvalue weighted by Gasteiger charge is -1.85. The van der Waals surface area contributed by atoms with Crippen molar-refractivity contribution in [1.29, 1.82) is 0 Å². The van der Waals surface area contributed by atoms with Crippen molar-refractivity contribution in [2.75, 3.05) is 0 Å². The van der Waals surface area contributed by atoms with Crippen LogP contribution in [0.3, 0.4) is 0 Å². The average Bonchev–Trinajstić information content (AvgIpc) is 2.30. The fourth-order valence-corrected chi connectivity index (χ4v) is 0.908. The predicted molar refractivity (Wildman–Crippen MR) is 43.8 cm³/mol. The van der Waals surface area contributed by atoms with Crippen LogP contribution in [0.15, 0.2) is 13.2 Å². The number of aromatic nitrogens is 2. The van der Waals surface area contributed by atoms with Crippen LogP contribution in [-0.2, 0) is 0 Å². The van der Waals surface area contributed by atoms with Gasteiger partial charge in [0.25, 0.3) is 0 Å². The molecule has 0 saturated heterocycles. The first kappa shape index (κ1) is 7.09. The third-order valence-electron chi connectivity index (χ3n) is 1.18. The van der Waals surface area contributed by atoms with Gasteiger partial charge in [-0.3, -0.25) is 5.10 Å². The highest BCUT2D eigenvalue weighted by molar-refractivity contribution is 6.31. The molecule has 0 amide bonds. The number of hydrogen-bond acceptors (Lipinski definition) is 1. The highest BCUT2D eigenvalue weighted by atomic mass is 35.5. The van der Waals surface area contributed by atoms with Gasteiger partial charge in [-0.25, -0.2) is 0 Å². The fourth-order valence-electron chi connectivity index (χ4n) is 0.692. The summed E-state index contributed by atoms with van der Waals surface area (Å²) in [6, 6.07) is 0. The molecule has 10 heavy (non-hydrogen) atoms. The van der Waals surface area contributed by atoms with E-state index < -0.39 is 0 Å². The number of aromatic amines is 1. The van der Waals surface area contributed by atoms with Gasteiger partial charge >= 0.3 is 0 Å². The van der Waals surface area contributed by atoms with Crippen LogP contribution < -0.4 is 0 Å². The zero-order chi connectivity index (χ0) is 7.56. The van der Waals surface area contributed by atoms with E-state index in [1.807, 2.05) is 0 Å². The molecule has 2 nitrogen and oxygen atoms in total. The highest BCUT2D eigenvalue weighted by Crippen LogP contribution is 2.17. The van der Waals surface area contributed by atoms with Crippen molar-refractivity contribution in [2.24, 2.45) is 0 Å². The molecule has 0 radical (unpaired) electrons. The van der Waals surface area contributed by atoms with Gasteiger partial charge in [0.15, 0.2) is 0 Å². The monoisotopic (exact) mass is 154 g/mol. The second kappa shape index (κ2) is 2.71. The summed E-state index contributed by atoms with van der Waals surface area (Å²) in [7, 11) is 0. The lowest BCUT2D eigenvalue weighted by atomic mass is 10.2. The molecule has 0 atom stereocenters. The van der Waals surface area contributed by atoms with Crippen LogP contribution >= 0.6 is 11.6 Å². The molecule has 1 aromatic rings. The molecular weight excluding hydrogens is 148 g/mol. The smallest absolute Gasteiger partial charge is 0.132 e. The normalized spacial score (nSPS) is 9.30. The molecular formula is C7H7ClN2. The van der Waals surface area contributed by atoms with Gasteiger partial charge in [0.05, 0.1) is 5.69 Å². The van der Waals surface area contributed by atoms with Crippen molar-refractivity contribution in [3.63, 3.8) is 0 Å². The third-order valence-corrected chi connectivity index (χ3v) is 1.47. The molecule has 3 heteroatoms. The van der Waals surface area contributed by atoms with Gasteiger partial charge in [0.1, 0.15) is 5.15 Å². The Morgan fingerprint density at radius 1 is 1.40 bits per heavy atom. The number of hydrogen-bond donors (Lipinski definition) is 1. The first-order valence-electron chi connectivity index (χ1n) is 2.78. The zero-order valence-electron chi connectivity index (χ0n) is 5.39. The Balaban J connectivity index is 3.25. The molecule has 0 aliphatic carbocycles. The molecule has 1 heterocycles. The van der Waals surface area contributed by atoms with Gasteiger partial charge in [0, 0.05) is 5.56 Å². The van der Waals surface area contributed by atoms with Crippen LogP contribution in [0.4, 0.5) is 0 Å². The molecule has 0 aromatic carbocycles.